The second kappa shape index (κ2) is 9.05. The van der Waals surface area contributed by atoms with Crippen LogP contribution in [0.3, 0.4) is 0 Å². The van der Waals surface area contributed by atoms with Crippen molar-refractivity contribution in [2.45, 2.75) is 51.2 Å². The molecule has 7 nitrogen and oxygen atoms in total. The zero-order valence-corrected chi connectivity index (χ0v) is 16.8. The number of carbonyl (C=O) groups is 2. The first kappa shape index (κ1) is 20.1. The van der Waals surface area contributed by atoms with E-state index in [-0.39, 0.29) is 23.3 Å². The number of nitrogens with zero attached hydrogens (tertiary/aromatic N) is 2. The Bertz CT molecular complexity index is 818. The van der Waals surface area contributed by atoms with Crippen molar-refractivity contribution < 1.29 is 24.2 Å². The molecule has 1 atom stereocenters. The van der Waals surface area contributed by atoms with Crippen LogP contribution in [0.15, 0.2) is 29.8 Å². The highest BCUT2D eigenvalue weighted by molar-refractivity contribution is 7.13. The van der Waals surface area contributed by atoms with Crippen LogP contribution in [0.1, 0.15) is 49.4 Å². The molecule has 0 spiro atoms. The predicted molar refractivity (Wildman–Crippen MR) is 106 cm³/mol. The van der Waals surface area contributed by atoms with Crippen molar-refractivity contribution >= 4 is 28.3 Å². The number of methoxy groups -OCH3 is 1. The van der Waals surface area contributed by atoms with E-state index >= 15 is 0 Å². The van der Waals surface area contributed by atoms with Gasteiger partial charge in [-0.2, -0.15) is 0 Å². The summed E-state index contributed by atoms with van der Waals surface area (Å²) in [5.74, 6) is -0.901. The van der Waals surface area contributed by atoms with Crippen molar-refractivity contribution in [3.8, 4) is 11.5 Å². The molecule has 1 aliphatic rings. The number of thiazole rings is 1. The Balaban J connectivity index is 1.77. The number of aromatic hydroxyl groups is 1. The third-order valence-corrected chi connectivity index (χ3v) is 5.63. The van der Waals surface area contributed by atoms with E-state index in [1.165, 1.54) is 36.6 Å². The summed E-state index contributed by atoms with van der Waals surface area (Å²) < 4.78 is 10.5. The second-order valence-corrected chi connectivity index (χ2v) is 7.62. The number of phenolic OH excluding ortho intramolecular Hbond substituents is 1. The molecule has 150 valence electrons. The highest BCUT2D eigenvalue weighted by atomic mass is 32.1. The summed E-state index contributed by atoms with van der Waals surface area (Å²) in [5, 5.41) is 12.4. The van der Waals surface area contributed by atoms with E-state index in [4.69, 9.17) is 9.47 Å². The number of esters is 1. The van der Waals surface area contributed by atoms with Gasteiger partial charge in [0.25, 0.3) is 5.91 Å². The fraction of sp³-hybridized carbons (Fsp3) is 0.450. The number of aromatic nitrogens is 1. The third kappa shape index (κ3) is 4.44. The van der Waals surface area contributed by atoms with Gasteiger partial charge in [-0.15, -0.1) is 11.3 Å². The molecule has 1 amide bonds. The standard InChI is InChI=1S/C20H24N2O5S/c1-13(27-19(25)16-12-15(26-2)8-9-17(16)23)18(24)22(20-21-10-11-28-20)14-6-4-3-5-7-14/h8-14,23H,3-7H2,1-2H3/t13-/m0/s1. The largest absolute Gasteiger partial charge is 0.507 e. The summed E-state index contributed by atoms with van der Waals surface area (Å²) in [5.41, 5.74) is -0.0440. The molecule has 1 N–H and O–H groups in total. The number of phenols is 1. The van der Waals surface area contributed by atoms with Gasteiger partial charge in [0, 0.05) is 17.6 Å². The average Bonchev–Trinajstić information content (AvgIpc) is 3.23. The summed E-state index contributed by atoms with van der Waals surface area (Å²) in [6.07, 6.45) is 5.75. The van der Waals surface area contributed by atoms with Gasteiger partial charge in [-0.05, 0) is 38.0 Å². The van der Waals surface area contributed by atoms with Gasteiger partial charge in [-0.25, -0.2) is 9.78 Å². The maximum Gasteiger partial charge on any atom is 0.342 e. The van der Waals surface area contributed by atoms with E-state index in [1.807, 2.05) is 5.38 Å². The number of ether oxygens (including phenoxy) is 2. The van der Waals surface area contributed by atoms with Crippen LogP contribution in [0.4, 0.5) is 5.13 Å². The normalized spacial score (nSPS) is 15.6. The predicted octanol–water partition coefficient (Wildman–Crippen LogP) is 3.77. The zero-order valence-electron chi connectivity index (χ0n) is 16.0. The number of hydrogen-bond acceptors (Lipinski definition) is 7. The number of benzene rings is 1. The maximum absolute atomic E-state index is 13.1. The summed E-state index contributed by atoms with van der Waals surface area (Å²) in [7, 11) is 1.46. The van der Waals surface area contributed by atoms with Crippen molar-refractivity contribution in [2.24, 2.45) is 0 Å². The van der Waals surface area contributed by atoms with Crippen LogP contribution in [0.2, 0.25) is 0 Å². The fourth-order valence-electron chi connectivity index (χ4n) is 3.38. The molecule has 1 heterocycles. The fourth-order valence-corrected chi connectivity index (χ4v) is 4.10. The van der Waals surface area contributed by atoms with Crippen molar-refractivity contribution in [3.63, 3.8) is 0 Å². The van der Waals surface area contributed by atoms with Crippen molar-refractivity contribution in [1.82, 2.24) is 4.98 Å². The molecular formula is C20H24N2O5S. The minimum Gasteiger partial charge on any atom is -0.507 e. The second-order valence-electron chi connectivity index (χ2n) is 6.75. The first-order valence-electron chi connectivity index (χ1n) is 9.31. The van der Waals surface area contributed by atoms with Gasteiger partial charge in [-0.3, -0.25) is 9.69 Å². The Morgan fingerprint density at radius 1 is 1.29 bits per heavy atom. The quantitative estimate of drug-likeness (QED) is 0.737. The van der Waals surface area contributed by atoms with Crippen LogP contribution in [0.5, 0.6) is 11.5 Å². The van der Waals surface area contributed by atoms with Gasteiger partial charge in [0.05, 0.1) is 7.11 Å². The number of anilines is 1. The number of hydrogen-bond donors (Lipinski definition) is 1. The average molecular weight is 404 g/mol. The smallest absolute Gasteiger partial charge is 0.342 e. The van der Waals surface area contributed by atoms with E-state index < -0.39 is 12.1 Å². The molecule has 1 aromatic heterocycles. The van der Waals surface area contributed by atoms with Crippen molar-refractivity contribution in [2.75, 3.05) is 12.0 Å². The Hall–Kier alpha value is -2.61. The molecule has 0 bridgehead atoms. The van der Waals surface area contributed by atoms with Crippen LogP contribution < -0.4 is 9.64 Å². The van der Waals surface area contributed by atoms with E-state index in [9.17, 15) is 14.7 Å². The number of carbonyl (C=O) groups excluding carboxylic acids is 2. The molecule has 0 radical (unpaired) electrons. The lowest BCUT2D eigenvalue weighted by Gasteiger charge is -2.33. The molecule has 1 aliphatic carbocycles. The zero-order chi connectivity index (χ0) is 20.1. The lowest BCUT2D eigenvalue weighted by Crippen LogP contribution is -2.47. The lowest BCUT2D eigenvalue weighted by molar-refractivity contribution is -0.127. The summed E-state index contributed by atoms with van der Waals surface area (Å²) in [6, 6.07) is 4.33. The van der Waals surface area contributed by atoms with Crippen LogP contribution >= 0.6 is 11.3 Å². The molecular weight excluding hydrogens is 380 g/mol. The highest BCUT2D eigenvalue weighted by Gasteiger charge is 2.33. The summed E-state index contributed by atoms with van der Waals surface area (Å²) in [6.45, 7) is 1.54. The minimum atomic E-state index is -1.01. The van der Waals surface area contributed by atoms with E-state index in [2.05, 4.69) is 4.98 Å². The lowest BCUT2D eigenvalue weighted by atomic mass is 9.94. The molecule has 0 saturated heterocycles. The van der Waals surface area contributed by atoms with Crippen LogP contribution in [0.25, 0.3) is 0 Å². The van der Waals surface area contributed by atoms with Crippen molar-refractivity contribution in [1.29, 1.82) is 0 Å². The molecule has 3 rings (SSSR count). The van der Waals surface area contributed by atoms with Gasteiger partial charge in [-0.1, -0.05) is 19.3 Å². The maximum atomic E-state index is 13.1. The van der Waals surface area contributed by atoms with Gasteiger partial charge in [0.1, 0.15) is 17.1 Å². The van der Waals surface area contributed by atoms with E-state index in [0.29, 0.717) is 10.9 Å². The molecule has 8 heteroatoms. The van der Waals surface area contributed by atoms with E-state index in [0.717, 1.165) is 32.1 Å². The SMILES string of the molecule is COc1ccc(O)c(C(=O)O[C@@H](C)C(=O)N(c2nccs2)C2CCCCC2)c1. The van der Waals surface area contributed by atoms with Crippen LogP contribution in [0, 0.1) is 0 Å². The van der Waals surface area contributed by atoms with Gasteiger partial charge < -0.3 is 14.6 Å². The molecule has 2 aromatic rings. The van der Waals surface area contributed by atoms with E-state index in [1.54, 1.807) is 18.0 Å². The first-order valence-corrected chi connectivity index (χ1v) is 10.2. The summed E-state index contributed by atoms with van der Waals surface area (Å²) >= 11 is 1.39. The number of rotatable bonds is 6. The monoisotopic (exact) mass is 404 g/mol. The Morgan fingerprint density at radius 2 is 2.04 bits per heavy atom. The minimum absolute atomic E-state index is 0.0440. The van der Waals surface area contributed by atoms with Crippen LogP contribution in [-0.4, -0.2) is 41.2 Å². The molecule has 0 unspecified atom stereocenters. The Labute approximate surface area is 167 Å². The molecule has 0 aliphatic heterocycles. The summed E-state index contributed by atoms with van der Waals surface area (Å²) in [4.78, 5) is 31.6. The Morgan fingerprint density at radius 3 is 2.68 bits per heavy atom. The van der Waals surface area contributed by atoms with Crippen molar-refractivity contribution in [3.05, 3.63) is 35.3 Å². The van der Waals surface area contributed by atoms with Gasteiger partial charge in [0.15, 0.2) is 11.2 Å². The highest BCUT2D eigenvalue weighted by Crippen LogP contribution is 2.30. The number of amides is 1. The molecule has 28 heavy (non-hydrogen) atoms. The first-order chi connectivity index (χ1) is 13.5. The molecule has 1 fully saturated rings. The van der Waals surface area contributed by atoms with Gasteiger partial charge in [0.2, 0.25) is 0 Å². The van der Waals surface area contributed by atoms with Crippen LogP contribution in [-0.2, 0) is 9.53 Å². The third-order valence-electron chi connectivity index (χ3n) is 4.86. The molecule has 1 saturated carbocycles. The Kier molecular flexibility index (Phi) is 6.51. The van der Waals surface area contributed by atoms with Gasteiger partial charge >= 0.3 is 5.97 Å². The molecule has 1 aromatic carbocycles. The topological polar surface area (TPSA) is 89.0 Å².